The van der Waals surface area contributed by atoms with E-state index in [1.807, 2.05) is 13.0 Å². The Balaban J connectivity index is 1.89. The van der Waals surface area contributed by atoms with Crippen molar-refractivity contribution in [3.05, 3.63) is 33.8 Å². The van der Waals surface area contributed by atoms with Crippen LogP contribution in [-0.4, -0.2) is 12.2 Å². The first kappa shape index (κ1) is 16.9. The molecule has 1 saturated carbocycles. The molecule has 1 nitrogen and oxygen atoms in total. The molecule has 1 N–H and O–H groups in total. The highest BCUT2D eigenvalue weighted by molar-refractivity contribution is 6.42. The summed E-state index contributed by atoms with van der Waals surface area (Å²) < 4.78 is 37.9. The number of hydrogen-bond acceptors (Lipinski definition) is 1. The Bertz CT molecular complexity index is 482. The number of rotatable bonds is 3. The van der Waals surface area contributed by atoms with Crippen LogP contribution in [0.1, 0.15) is 44.2 Å². The zero-order valence-corrected chi connectivity index (χ0v) is 13.2. The summed E-state index contributed by atoms with van der Waals surface area (Å²) in [6.07, 6.45) is -2.55. The van der Waals surface area contributed by atoms with Crippen molar-refractivity contribution in [1.82, 2.24) is 5.32 Å². The lowest BCUT2D eigenvalue weighted by Crippen LogP contribution is -2.38. The maximum atomic E-state index is 12.6. The van der Waals surface area contributed by atoms with E-state index in [0.717, 1.165) is 5.56 Å². The molecule has 1 fully saturated rings. The first-order valence-corrected chi connectivity index (χ1v) is 7.80. The third-order valence-electron chi connectivity index (χ3n) is 4.12. The lowest BCUT2D eigenvalue weighted by atomic mass is 9.85. The van der Waals surface area contributed by atoms with Crippen LogP contribution in [0.2, 0.25) is 10.0 Å². The van der Waals surface area contributed by atoms with Gasteiger partial charge in [-0.1, -0.05) is 29.3 Å². The molecule has 0 radical (unpaired) electrons. The van der Waals surface area contributed by atoms with Gasteiger partial charge in [-0.25, -0.2) is 0 Å². The van der Waals surface area contributed by atoms with Gasteiger partial charge in [0.15, 0.2) is 0 Å². The predicted octanol–water partition coefficient (Wildman–Crippen LogP) is 5.77. The molecule has 0 heterocycles. The molecule has 1 aliphatic carbocycles. The van der Waals surface area contributed by atoms with E-state index in [4.69, 9.17) is 23.2 Å². The molecule has 0 aliphatic heterocycles. The molecule has 6 heteroatoms. The highest BCUT2D eigenvalue weighted by Crippen LogP contribution is 2.38. The fourth-order valence-electron chi connectivity index (χ4n) is 2.82. The molecule has 1 atom stereocenters. The largest absolute Gasteiger partial charge is 0.391 e. The summed E-state index contributed by atoms with van der Waals surface area (Å²) in [6.45, 7) is 1.98. The van der Waals surface area contributed by atoms with Gasteiger partial charge in [-0.2, -0.15) is 13.2 Å². The summed E-state index contributed by atoms with van der Waals surface area (Å²) in [7, 11) is 0. The predicted molar refractivity (Wildman–Crippen MR) is 79.8 cm³/mol. The maximum Gasteiger partial charge on any atom is 0.391 e. The highest BCUT2D eigenvalue weighted by Gasteiger charge is 2.41. The molecule has 1 aromatic carbocycles. The Morgan fingerprint density at radius 3 is 2.24 bits per heavy atom. The minimum Gasteiger partial charge on any atom is -0.307 e. The van der Waals surface area contributed by atoms with Crippen molar-refractivity contribution in [1.29, 1.82) is 0 Å². The molecular formula is C15H18Cl2F3N. The summed E-state index contributed by atoms with van der Waals surface area (Å²) in [5.41, 5.74) is 0.988. The quantitative estimate of drug-likeness (QED) is 0.737. The number of benzene rings is 1. The van der Waals surface area contributed by atoms with Crippen molar-refractivity contribution in [3.63, 3.8) is 0 Å². The minimum atomic E-state index is -4.06. The summed E-state index contributed by atoms with van der Waals surface area (Å²) in [6, 6.07) is 5.56. The van der Waals surface area contributed by atoms with Crippen molar-refractivity contribution in [3.8, 4) is 0 Å². The Kier molecular flexibility index (Phi) is 5.44. The van der Waals surface area contributed by atoms with E-state index in [2.05, 4.69) is 5.32 Å². The average Bonchev–Trinajstić information content (AvgIpc) is 2.41. The lowest BCUT2D eigenvalue weighted by molar-refractivity contribution is -0.182. The molecule has 1 aliphatic rings. The van der Waals surface area contributed by atoms with Crippen molar-refractivity contribution in [2.45, 2.75) is 50.9 Å². The first-order valence-electron chi connectivity index (χ1n) is 7.05. The summed E-state index contributed by atoms with van der Waals surface area (Å²) in [5.74, 6) is -1.14. The molecule has 0 amide bonds. The van der Waals surface area contributed by atoms with Crippen molar-refractivity contribution in [2.75, 3.05) is 0 Å². The molecule has 0 aromatic heterocycles. The van der Waals surface area contributed by atoms with Crippen LogP contribution in [0, 0.1) is 5.92 Å². The smallest absolute Gasteiger partial charge is 0.307 e. The molecule has 0 bridgehead atoms. The van der Waals surface area contributed by atoms with Gasteiger partial charge in [0, 0.05) is 12.1 Å². The average molecular weight is 340 g/mol. The normalized spacial score (nSPS) is 24.9. The SMILES string of the molecule is CC(NC1CCC(C(F)(F)F)CC1)c1ccc(Cl)c(Cl)c1. The summed E-state index contributed by atoms with van der Waals surface area (Å²) >= 11 is 11.9. The van der Waals surface area contributed by atoms with Crippen molar-refractivity contribution >= 4 is 23.2 Å². The molecular weight excluding hydrogens is 322 g/mol. The van der Waals surface area contributed by atoms with Gasteiger partial charge in [-0.05, 0) is 50.3 Å². The van der Waals surface area contributed by atoms with E-state index in [0.29, 0.717) is 22.9 Å². The van der Waals surface area contributed by atoms with Crippen LogP contribution in [-0.2, 0) is 0 Å². The van der Waals surface area contributed by atoms with Crippen LogP contribution in [0.25, 0.3) is 0 Å². The van der Waals surface area contributed by atoms with Gasteiger partial charge < -0.3 is 5.32 Å². The first-order chi connectivity index (χ1) is 9.77. The van der Waals surface area contributed by atoms with Gasteiger partial charge in [0.1, 0.15) is 0 Å². The maximum absolute atomic E-state index is 12.6. The molecule has 1 aromatic rings. The van der Waals surface area contributed by atoms with E-state index in [-0.39, 0.29) is 24.9 Å². The fraction of sp³-hybridized carbons (Fsp3) is 0.600. The van der Waals surface area contributed by atoms with Crippen LogP contribution < -0.4 is 5.32 Å². The van der Waals surface area contributed by atoms with E-state index >= 15 is 0 Å². The molecule has 118 valence electrons. The molecule has 1 unspecified atom stereocenters. The van der Waals surface area contributed by atoms with Gasteiger partial charge in [0.05, 0.1) is 16.0 Å². The molecule has 2 rings (SSSR count). The van der Waals surface area contributed by atoms with Crippen LogP contribution in [0.3, 0.4) is 0 Å². The Morgan fingerprint density at radius 2 is 1.71 bits per heavy atom. The highest BCUT2D eigenvalue weighted by atomic mass is 35.5. The molecule has 21 heavy (non-hydrogen) atoms. The standard InChI is InChI=1S/C15H18Cl2F3N/c1-9(10-2-7-13(16)14(17)8-10)21-12-5-3-11(4-6-12)15(18,19)20/h2,7-9,11-12,21H,3-6H2,1H3. The van der Waals surface area contributed by atoms with Crippen molar-refractivity contribution in [2.24, 2.45) is 5.92 Å². The van der Waals surface area contributed by atoms with Crippen LogP contribution in [0.15, 0.2) is 18.2 Å². The van der Waals surface area contributed by atoms with E-state index in [9.17, 15) is 13.2 Å². The van der Waals surface area contributed by atoms with Gasteiger partial charge >= 0.3 is 6.18 Å². The van der Waals surface area contributed by atoms with Gasteiger partial charge in [0.25, 0.3) is 0 Å². The molecule has 0 saturated heterocycles. The number of hydrogen-bond donors (Lipinski definition) is 1. The second-order valence-electron chi connectivity index (χ2n) is 5.65. The van der Waals surface area contributed by atoms with Gasteiger partial charge in [-0.15, -0.1) is 0 Å². The number of alkyl halides is 3. The minimum absolute atomic E-state index is 0.0344. The monoisotopic (exact) mass is 339 g/mol. The Labute approximate surface area is 132 Å². The van der Waals surface area contributed by atoms with Crippen LogP contribution >= 0.6 is 23.2 Å². The van der Waals surface area contributed by atoms with Gasteiger partial charge in [-0.3, -0.25) is 0 Å². The number of nitrogens with one attached hydrogen (secondary N) is 1. The van der Waals surface area contributed by atoms with Gasteiger partial charge in [0.2, 0.25) is 0 Å². The summed E-state index contributed by atoms with van der Waals surface area (Å²) in [4.78, 5) is 0. The number of halogens is 5. The zero-order valence-electron chi connectivity index (χ0n) is 11.7. The third-order valence-corrected chi connectivity index (χ3v) is 4.86. The van der Waals surface area contributed by atoms with E-state index < -0.39 is 12.1 Å². The van der Waals surface area contributed by atoms with E-state index in [1.165, 1.54) is 0 Å². The summed E-state index contributed by atoms with van der Waals surface area (Å²) in [5, 5.41) is 4.37. The Hall–Kier alpha value is -0.450. The second kappa shape index (κ2) is 6.76. The molecule has 0 spiro atoms. The van der Waals surface area contributed by atoms with Crippen LogP contribution in [0.5, 0.6) is 0 Å². The topological polar surface area (TPSA) is 12.0 Å². The Morgan fingerprint density at radius 1 is 1.10 bits per heavy atom. The van der Waals surface area contributed by atoms with Crippen LogP contribution in [0.4, 0.5) is 13.2 Å². The van der Waals surface area contributed by atoms with Crippen molar-refractivity contribution < 1.29 is 13.2 Å². The van der Waals surface area contributed by atoms with E-state index in [1.54, 1.807) is 12.1 Å². The third kappa shape index (κ3) is 4.51. The zero-order chi connectivity index (χ0) is 15.6. The second-order valence-corrected chi connectivity index (χ2v) is 6.47. The fourth-order valence-corrected chi connectivity index (χ4v) is 3.13. The lowest BCUT2D eigenvalue weighted by Gasteiger charge is -2.32.